The number of rotatable bonds is 3. The molecule has 0 bridgehead atoms. The maximum Gasteiger partial charge on any atom is 0.242 e. The van der Waals surface area contributed by atoms with Crippen molar-refractivity contribution in [3.8, 4) is 0 Å². The van der Waals surface area contributed by atoms with E-state index in [-0.39, 0.29) is 24.8 Å². The number of β-amino-alcohol motifs (C(OH)–C–C–N with tert-alkyl or cyclic N) is 1. The summed E-state index contributed by atoms with van der Waals surface area (Å²) in [4.78, 5) is 24.5. The molecule has 2 N–H and O–H groups in total. The third kappa shape index (κ3) is 2.28. The fourth-order valence-corrected chi connectivity index (χ4v) is 1.78. The summed E-state index contributed by atoms with van der Waals surface area (Å²) in [5, 5.41) is 12.2. The molecule has 2 unspecified atom stereocenters. The summed E-state index contributed by atoms with van der Waals surface area (Å²) in [5.74, 6) is -0.249. The molecule has 1 heterocycles. The Bertz CT molecular complexity index is 288. The van der Waals surface area contributed by atoms with Crippen molar-refractivity contribution >= 4 is 11.8 Å². The lowest BCUT2D eigenvalue weighted by molar-refractivity contribution is -0.136. The molecule has 5 heteroatoms. The number of hydrogen-bond donors (Lipinski definition) is 2. The molecule has 5 nitrogen and oxygen atoms in total. The van der Waals surface area contributed by atoms with E-state index in [2.05, 4.69) is 5.32 Å². The van der Waals surface area contributed by atoms with Gasteiger partial charge in [-0.1, -0.05) is 0 Å². The number of amides is 2. The standard InChI is InChI=1S/C10H16N2O3/c1-6(10(15)11-7-2-3-7)12-5-8(13)4-9(12)14/h6-8,13H,2-5H2,1H3,(H,11,15). The van der Waals surface area contributed by atoms with Crippen LogP contribution >= 0.6 is 0 Å². The van der Waals surface area contributed by atoms with E-state index in [4.69, 9.17) is 0 Å². The molecule has 84 valence electrons. The van der Waals surface area contributed by atoms with E-state index in [1.165, 1.54) is 4.90 Å². The van der Waals surface area contributed by atoms with Gasteiger partial charge in [-0.25, -0.2) is 0 Å². The highest BCUT2D eigenvalue weighted by Gasteiger charge is 2.35. The molecule has 1 saturated carbocycles. The molecule has 1 aliphatic carbocycles. The number of nitrogens with one attached hydrogen (secondary N) is 1. The van der Waals surface area contributed by atoms with Gasteiger partial charge < -0.3 is 15.3 Å². The van der Waals surface area contributed by atoms with Crippen LogP contribution in [0, 0.1) is 0 Å². The van der Waals surface area contributed by atoms with Crippen LogP contribution in [0.2, 0.25) is 0 Å². The van der Waals surface area contributed by atoms with Crippen LogP contribution < -0.4 is 5.32 Å². The second kappa shape index (κ2) is 3.81. The zero-order valence-corrected chi connectivity index (χ0v) is 8.77. The quantitative estimate of drug-likeness (QED) is 0.646. The van der Waals surface area contributed by atoms with Gasteiger partial charge in [-0.3, -0.25) is 9.59 Å². The molecular weight excluding hydrogens is 196 g/mol. The Morgan fingerprint density at radius 2 is 2.27 bits per heavy atom. The SMILES string of the molecule is CC(C(=O)NC1CC1)N1CC(O)CC1=O. The van der Waals surface area contributed by atoms with E-state index in [1.54, 1.807) is 6.92 Å². The highest BCUT2D eigenvalue weighted by atomic mass is 16.3. The number of likely N-dealkylation sites (tertiary alicyclic amines) is 1. The Balaban J connectivity index is 1.91. The predicted molar refractivity (Wildman–Crippen MR) is 53.0 cm³/mol. The first-order valence-corrected chi connectivity index (χ1v) is 5.36. The number of aliphatic hydroxyl groups is 1. The Hall–Kier alpha value is -1.10. The van der Waals surface area contributed by atoms with Gasteiger partial charge in [0.1, 0.15) is 6.04 Å². The van der Waals surface area contributed by atoms with Crippen LogP contribution in [0.25, 0.3) is 0 Å². The van der Waals surface area contributed by atoms with Gasteiger partial charge in [-0.15, -0.1) is 0 Å². The molecule has 0 aromatic carbocycles. The third-order valence-corrected chi connectivity index (χ3v) is 2.91. The number of aliphatic hydroxyl groups excluding tert-OH is 1. The highest BCUT2D eigenvalue weighted by molar-refractivity contribution is 5.88. The maximum absolute atomic E-state index is 11.6. The van der Waals surface area contributed by atoms with Crippen LogP contribution in [0.3, 0.4) is 0 Å². The zero-order chi connectivity index (χ0) is 11.0. The number of carbonyl (C=O) groups is 2. The molecule has 1 aliphatic heterocycles. The summed E-state index contributed by atoms with van der Waals surface area (Å²) in [6.07, 6.45) is 1.60. The van der Waals surface area contributed by atoms with Crippen LogP contribution in [0.15, 0.2) is 0 Å². The van der Waals surface area contributed by atoms with Crippen molar-refractivity contribution in [2.24, 2.45) is 0 Å². The molecule has 0 spiro atoms. The Morgan fingerprint density at radius 1 is 1.60 bits per heavy atom. The van der Waals surface area contributed by atoms with Gasteiger partial charge in [0.05, 0.1) is 12.5 Å². The predicted octanol–water partition coefficient (Wildman–Crippen LogP) is -0.753. The fraction of sp³-hybridized carbons (Fsp3) is 0.800. The minimum absolute atomic E-state index is 0.111. The molecule has 15 heavy (non-hydrogen) atoms. The Labute approximate surface area is 88.4 Å². The Kier molecular flexibility index (Phi) is 2.65. The summed E-state index contributed by atoms with van der Waals surface area (Å²) in [6.45, 7) is 1.98. The topological polar surface area (TPSA) is 69.6 Å². The van der Waals surface area contributed by atoms with Gasteiger partial charge in [-0.2, -0.15) is 0 Å². The van der Waals surface area contributed by atoms with Crippen molar-refractivity contribution in [2.45, 2.75) is 44.4 Å². The van der Waals surface area contributed by atoms with E-state index >= 15 is 0 Å². The molecule has 0 aromatic heterocycles. The van der Waals surface area contributed by atoms with E-state index in [9.17, 15) is 14.7 Å². The molecular formula is C10H16N2O3. The molecule has 2 rings (SSSR count). The average molecular weight is 212 g/mol. The van der Waals surface area contributed by atoms with Gasteiger partial charge >= 0.3 is 0 Å². The largest absolute Gasteiger partial charge is 0.391 e. The van der Waals surface area contributed by atoms with Crippen molar-refractivity contribution in [1.82, 2.24) is 10.2 Å². The van der Waals surface area contributed by atoms with Crippen LogP contribution in [0.5, 0.6) is 0 Å². The molecule has 2 aliphatic rings. The van der Waals surface area contributed by atoms with Gasteiger partial charge in [0.15, 0.2) is 0 Å². The molecule has 2 atom stereocenters. The maximum atomic E-state index is 11.6. The van der Waals surface area contributed by atoms with Crippen molar-refractivity contribution in [2.75, 3.05) is 6.54 Å². The summed E-state index contributed by atoms with van der Waals surface area (Å²) in [6, 6.07) is -0.155. The minimum Gasteiger partial charge on any atom is -0.391 e. The smallest absolute Gasteiger partial charge is 0.242 e. The van der Waals surface area contributed by atoms with E-state index in [0.717, 1.165) is 12.8 Å². The number of nitrogens with zero attached hydrogens (tertiary/aromatic N) is 1. The zero-order valence-electron chi connectivity index (χ0n) is 8.77. The van der Waals surface area contributed by atoms with Gasteiger partial charge in [0.2, 0.25) is 11.8 Å². The van der Waals surface area contributed by atoms with Gasteiger partial charge in [0.25, 0.3) is 0 Å². The van der Waals surface area contributed by atoms with Crippen LogP contribution in [-0.4, -0.2) is 46.6 Å². The van der Waals surface area contributed by atoms with Crippen molar-refractivity contribution in [1.29, 1.82) is 0 Å². The molecule has 0 aromatic rings. The van der Waals surface area contributed by atoms with Crippen molar-refractivity contribution in [3.05, 3.63) is 0 Å². The van der Waals surface area contributed by atoms with Gasteiger partial charge in [0, 0.05) is 12.6 Å². The van der Waals surface area contributed by atoms with Crippen LogP contribution in [0.4, 0.5) is 0 Å². The molecule has 2 amide bonds. The lowest BCUT2D eigenvalue weighted by Gasteiger charge is -2.23. The van der Waals surface area contributed by atoms with E-state index in [0.29, 0.717) is 6.04 Å². The summed E-state index contributed by atoms with van der Waals surface area (Å²) in [7, 11) is 0. The van der Waals surface area contributed by atoms with Gasteiger partial charge in [-0.05, 0) is 19.8 Å². The normalized spacial score (nSPS) is 28.0. The molecule has 1 saturated heterocycles. The Morgan fingerprint density at radius 3 is 2.73 bits per heavy atom. The second-order valence-corrected chi connectivity index (χ2v) is 4.36. The summed E-state index contributed by atoms with van der Waals surface area (Å²) >= 11 is 0. The number of carbonyl (C=O) groups excluding carboxylic acids is 2. The second-order valence-electron chi connectivity index (χ2n) is 4.36. The summed E-state index contributed by atoms with van der Waals surface area (Å²) < 4.78 is 0. The summed E-state index contributed by atoms with van der Waals surface area (Å²) in [5.41, 5.74) is 0. The first-order chi connectivity index (χ1) is 7.08. The minimum atomic E-state index is -0.617. The number of hydrogen-bond acceptors (Lipinski definition) is 3. The average Bonchev–Trinajstić information content (AvgIpc) is 2.90. The van der Waals surface area contributed by atoms with Crippen molar-refractivity contribution in [3.63, 3.8) is 0 Å². The highest BCUT2D eigenvalue weighted by Crippen LogP contribution is 2.20. The van der Waals surface area contributed by atoms with E-state index < -0.39 is 12.1 Å². The van der Waals surface area contributed by atoms with Crippen LogP contribution in [0.1, 0.15) is 26.2 Å². The van der Waals surface area contributed by atoms with Crippen molar-refractivity contribution < 1.29 is 14.7 Å². The lowest BCUT2D eigenvalue weighted by Crippen LogP contribution is -2.46. The first kappa shape index (κ1) is 10.4. The first-order valence-electron chi connectivity index (χ1n) is 5.36. The molecule has 2 fully saturated rings. The lowest BCUT2D eigenvalue weighted by atomic mass is 10.2. The van der Waals surface area contributed by atoms with E-state index in [1.807, 2.05) is 0 Å². The monoisotopic (exact) mass is 212 g/mol. The van der Waals surface area contributed by atoms with Crippen LogP contribution in [-0.2, 0) is 9.59 Å². The molecule has 0 radical (unpaired) electrons. The fourth-order valence-electron chi connectivity index (χ4n) is 1.78. The third-order valence-electron chi connectivity index (χ3n) is 2.91.